The normalized spacial score (nSPS) is 15.4. The summed E-state index contributed by atoms with van der Waals surface area (Å²) in [5.41, 5.74) is 3.70. The Balaban J connectivity index is 1.24. The zero-order chi connectivity index (χ0) is 22.8. The molecule has 3 aromatic heterocycles. The molecule has 1 aromatic carbocycles. The quantitative estimate of drug-likeness (QED) is 0.462. The van der Waals surface area contributed by atoms with Gasteiger partial charge in [0.05, 0.1) is 29.1 Å². The number of pyridine rings is 1. The summed E-state index contributed by atoms with van der Waals surface area (Å²) in [6.07, 6.45) is 3.91. The molecule has 4 heterocycles. The van der Waals surface area contributed by atoms with E-state index in [1.165, 1.54) is 6.26 Å². The monoisotopic (exact) mass is 443 g/mol. The van der Waals surface area contributed by atoms with E-state index in [2.05, 4.69) is 27.5 Å². The molecule has 8 nitrogen and oxygen atoms in total. The Morgan fingerprint density at radius 3 is 2.88 bits per heavy atom. The predicted octanol–water partition coefficient (Wildman–Crippen LogP) is 3.28. The largest absolute Gasteiger partial charge is 0.459 e. The number of carbonyl (C=O) groups is 2. The molecule has 1 N–H and O–H groups in total. The van der Waals surface area contributed by atoms with Gasteiger partial charge in [-0.25, -0.2) is 0 Å². The fourth-order valence-corrected chi connectivity index (χ4v) is 4.42. The van der Waals surface area contributed by atoms with Crippen LogP contribution < -0.4 is 5.32 Å². The minimum absolute atomic E-state index is 0.131. The highest BCUT2D eigenvalue weighted by Gasteiger charge is 2.34. The van der Waals surface area contributed by atoms with Gasteiger partial charge < -0.3 is 14.6 Å². The van der Waals surface area contributed by atoms with Gasteiger partial charge in [0.1, 0.15) is 0 Å². The maximum absolute atomic E-state index is 13.1. The summed E-state index contributed by atoms with van der Waals surface area (Å²) < 4.78 is 7.25. The van der Waals surface area contributed by atoms with Gasteiger partial charge in [0.25, 0.3) is 5.91 Å². The first-order valence-corrected chi connectivity index (χ1v) is 11.1. The van der Waals surface area contributed by atoms with Gasteiger partial charge >= 0.3 is 0 Å². The highest BCUT2D eigenvalue weighted by atomic mass is 16.3. The minimum Gasteiger partial charge on any atom is -0.459 e. The van der Waals surface area contributed by atoms with Crippen LogP contribution >= 0.6 is 0 Å². The van der Waals surface area contributed by atoms with Crippen LogP contribution in [0.2, 0.25) is 0 Å². The number of aromatic nitrogens is 3. The van der Waals surface area contributed by atoms with Crippen LogP contribution in [0.5, 0.6) is 0 Å². The zero-order valence-corrected chi connectivity index (χ0v) is 18.4. The van der Waals surface area contributed by atoms with Crippen molar-refractivity contribution in [3.05, 3.63) is 83.7 Å². The lowest BCUT2D eigenvalue weighted by atomic mass is 9.93. The molecule has 0 spiro atoms. The number of nitrogens with zero attached hydrogens (tertiary/aromatic N) is 4. The second-order valence-electron chi connectivity index (χ2n) is 8.23. The fraction of sp³-hybridized carbons (Fsp3) is 0.280. The van der Waals surface area contributed by atoms with Gasteiger partial charge in [0.2, 0.25) is 5.91 Å². The van der Waals surface area contributed by atoms with Crippen LogP contribution in [0.1, 0.15) is 39.8 Å². The minimum atomic E-state index is -0.526. The second-order valence-corrected chi connectivity index (χ2v) is 8.23. The van der Waals surface area contributed by atoms with Crippen molar-refractivity contribution in [2.24, 2.45) is 0 Å². The third-order valence-electron chi connectivity index (χ3n) is 6.04. The Kier molecular flexibility index (Phi) is 5.64. The van der Waals surface area contributed by atoms with E-state index in [-0.39, 0.29) is 24.1 Å². The molecule has 0 fully saturated rings. The number of carbonyl (C=O) groups excluding carboxylic acids is 2. The standard InChI is InChI=1S/C25H25N5O3/c1-17-19-8-2-3-9-21(19)30(28-17)13-6-12-27-24(31)20-16-29(25(32)22-10-5-14-33-22)15-18-7-4-11-26-23(18)20/h2-5,7-11,14,20H,6,12-13,15-16H2,1H3,(H,27,31). The highest BCUT2D eigenvalue weighted by Crippen LogP contribution is 2.28. The zero-order valence-electron chi connectivity index (χ0n) is 18.4. The van der Waals surface area contributed by atoms with Gasteiger partial charge in [-0.05, 0) is 43.2 Å². The number of fused-ring (bicyclic) bond motifs is 2. The molecule has 8 heteroatoms. The van der Waals surface area contributed by atoms with Crippen molar-refractivity contribution >= 4 is 22.7 Å². The molecule has 168 valence electrons. The van der Waals surface area contributed by atoms with Crippen LogP contribution in [0.25, 0.3) is 10.9 Å². The van der Waals surface area contributed by atoms with Crippen LogP contribution in [0.15, 0.2) is 65.4 Å². The number of aryl methyl sites for hydroxylation is 2. The lowest BCUT2D eigenvalue weighted by molar-refractivity contribution is -0.123. The Labute approximate surface area is 191 Å². The molecule has 5 rings (SSSR count). The molecule has 1 unspecified atom stereocenters. The SMILES string of the molecule is Cc1nn(CCCNC(=O)C2CN(C(=O)c3ccco3)Cc3cccnc32)c2ccccc12. The number of benzene rings is 1. The first-order chi connectivity index (χ1) is 16.1. The fourth-order valence-electron chi connectivity index (χ4n) is 4.42. The van der Waals surface area contributed by atoms with Gasteiger partial charge in [-0.15, -0.1) is 0 Å². The molecule has 0 radical (unpaired) electrons. The summed E-state index contributed by atoms with van der Waals surface area (Å²) in [5, 5.41) is 8.80. The number of hydrogen-bond donors (Lipinski definition) is 1. The molecule has 0 saturated heterocycles. The molecule has 1 atom stereocenters. The number of hydrogen-bond acceptors (Lipinski definition) is 5. The highest BCUT2D eigenvalue weighted by molar-refractivity contribution is 5.93. The van der Waals surface area contributed by atoms with Gasteiger partial charge in [0, 0.05) is 37.8 Å². The molecule has 0 aliphatic carbocycles. The lowest BCUT2D eigenvalue weighted by Crippen LogP contribution is -2.44. The number of amides is 2. The average molecular weight is 444 g/mol. The molecule has 2 amide bonds. The summed E-state index contributed by atoms with van der Waals surface area (Å²) >= 11 is 0. The summed E-state index contributed by atoms with van der Waals surface area (Å²) in [5.74, 6) is -0.619. The van der Waals surface area contributed by atoms with Gasteiger partial charge in [-0.3, -0.25) is 19.3 Å². The van der Waals surface area contributed by atoms with Crippen LogP contribution in [0.4, 0.5) is 0 Å². The van der Waals surface area contributed by atoms with Crippen molar-refractivity contribution in [1.29, 1.82) is 0 Å². The Hall–Kier alpha value is -3.94. The smallest absolute Gasteiger partial charge is 0.289 e. The number of rotatable bonds is 6. The van der Waals surface area contributed by atoms with E-state index in [0.29, 0.717) is 19.6 Å². The van der Waals surface area contributed by atoms with E-state index in [9.17, 15) is 9.59 Å². The van der Waals surface area contributed by atoms with Crippen molar-refractivity contribution in [3.8, 4) is 0 Å². The maximum Gasteiger partial charge on any atom is 0.289 e. The number of furan rings is 1. The Morgan fingerprint density at radius 1 is 1.15 bits per heavy atom. The molecule has 0 bridgehead atoms. The Bertz CT molecular complexity index is 1290. The van der Waals surface area contributed by atoms with E-state index in [4.69, 9.17) is 4.42 Å². The summed E-state index contributed by atoms with van der Waals surface area (Å²) in [4.78, 5) is 32.0. The van der Waals surface area contributed by atoms with E-state index in [1.807, 2.05) is 35.9 Å². The Morgan fingerprint density at radius 2 is 2.03 bits per heavy atom. The van der Waals surface area contributed by atoms with Gasteiger partial charge in [0.15, 0.2) is 5.76 Å². The third-order valence-corrected chi connectivity index (χ3v) is 6.04. The van der Waals surface area contributed by atoms with Crippen LogP contribution in [0, 0.1) is 6.92 Å². The molecule has 0 saturated carbocycles. The van der Waals surface area contributed by atoms with E-state index < -0.39 is 5.92 Å². The third kappa shape index (κ3) is 4.11. The maximum atomic E-state index is 13.1. The van der Waals surface area contributed by atoms with Crippen LogP contribution in [-0.4, -0.2) is 44.6 Å². The van der Waals surface area contributed by atoms with Crippen molar-refractivity contribution in [2.75, 3.05) is 13.1 Å². The first kappa shape index (κ1) is 20.9. The van der Waals surface area contributed by atoms with Crippen LogP contribution in [0.3, 0.4) is 0 Å². The van der Waals surface area contributed by atoms with Gasteiger partial charge in [-0.1, -0.05) is 24.3 Å². The van der Waals surface area contributed by atoms with Crippen molar-refractivity contribution in [2.45, 2.75) is 32.4 Å². The lowest BCUT2D eigenvalue weighted by Gasteiger charge is -2.32. The average Bonchev–Trinajstić information content (AvgIpc) is 3.49. The van der Waals surface area contributed by atoms with E-state index in [1.54, 1.807) is 23.2 Å². The van der Waals surface area contributed by atoms with Crippen molar-refractivity contribution in [3.63, 3.8) is 0 Å². The molecule has 1 aliphatic rings. The predicted molar refractivity (Wildman–Crippen MR) is 123 cm³/mol. The summed E-state index contributed by atoms with van der Waals surface area (Å²) in [7, 11) is 0. The molecular formula is C25H25N5O3. The van der Waals surface area contributed by atoms with E-state index >= 15 is 0 Å². The number of para-hydroxylation sites is 1. The summed E-state index contributed by atoms with van der Waals surface area (Å²) in [6.45, 7) is 3.88. The van der Waals surface area contributed by atoms with Crippen molar-refractivity contribution < 1.29 is 14.0 Å². The molecular weight excluding hydrogens is 418 g/mol. The van der Waals surface area contributed by atoms with Crippen LogP contribution in [-0.2, 0) is 17.9 Å². The summed E-state index contributed by atoms with van der Waals surface area (Å²) in [6, 6.07) is 15.2. The molecule has 4 aromatic rings. The topological polar surface area (TPSA) is 93.3 Å². The van der Waals surface area contributed by atoms with E-state index in [0.717, 1.165) is 34.3 Å². The van der Waals surface area contributed by atoms with Crippen molar-refractivity contribution in [1.82, 2.24) is 25.0 Å². The first-order valence-electron chi connectivity index (χ1n) is 11.1. The number of nitrogens with one attached hydrogen (secondary N) is 1. The molecule has 1 aliphatic heterocycles. The second kappa shape index (κ2) is 8.90. The van der Waals surface area contributed by atoms with Gasteiger partial charge in [-0.2, -0.15) is 5.10 Å². The molecule has 33 heavy (non-hydrogen) atoms.